The fourth-order valence-corrected chi connectivity index (χ4v) is 2.54. The molecule has 1 aromatic heterocycles. The van der Waals surface area contributed by atoms with Crippen LogP contribution in [0, 0.1) is 0 Å². The number of hydrogen-bond acceptors (Lipinski definition) is 4. The Morgan fingerprint density at radius 1 is 1.38 bits per heavy atom. The number of nitrogens with one attached hydrogen (secondary N) is 1. The number of rotatable bonds is 5. The Kier molecular flexibility index (Phi) is 4.43. The van der Waals surface area contributed by atoms with Crippen LogP contribution in [0.3, 0.4) is 0 Å². The third-order valence-corrected chi connectivity index (χ3v) is 3.77. The van der Waals surface area contributed by atoms with E-state index in [1.165, 1.54) is 0 Å². The van der Waals surface area contributed by atoms with Gasteiger partial charge in [-0.3, -0.25) is 0 Å². The monoisotopic (exact) mass is 307 g/mol. The highest BCUT2D eigenvalue weighted by molar-refractivity contribution is 6.30. The summed E-state index contributed by atoms with van der Waals surface area (Å²) >= 11 is 5.91. The van der Waals surface area contributed by atoms with Crippen LogP contribution in [0.5, 0.6) is 0 Å². The van der Waals surface area contributed by atoms with Crippen LogP contribution in [0.1, 0.15) is 6.42 Å². The molecule has 2 aromatic rings. The van der Waals surface area contributed by atoms with E-state index in [-0.39, 0.29) is 6.61 Å². The van der Waals surface area contributed by atoms with Crippen LogP contribution in [0.2, 0.25) is 5.02 Å². The van der Waals surface area contributed by atoms with Crippen LogP contribution in [0.4, 0.5) is 5.82 Å². The highest BCUT2D eigenvalue weighted by atomic mass is 35.5. The van der Waals surface area contributed by atoms with Gasteiger partial charge in [0, 0.05) is 23.3 Å². The van der Waals surface area contributed by atoms with E-state index < -0.39 is 0 Å². The summed E-state index contributed by atoms with van der Waals surface area (Å²) < 4.78 is 7.17. The van der Waals surface area contributed by atoms with E-state index >= 15 is 0 Å². The smallest absolute Gasteiger partial charge is 0.125 e. The van der Waals surface area contributed by atoms with Gasteiger partial charge in [0.15, 0.2) is 0 Å². The minimum Gasteiger partial charge on any atom is -0.394 e. The van der Waals surface area contributed by atoms with Gasteiger partial charge in [0.25, 0.3) is 0 Å². The average molecular weight is 308 g/mol. The van der Waals surface area contributed by atoms with Gasteiger partial charge in [0.05, 0.1) is 31.5 Å². The summed E-state index contributed by atoms with van der Waals surface area (Å²) in [5.41, 5.74) is 1.86. The van der Waals surface area contributed by atoms with Crippen molar-refractivity contribution in [1.29, 1.82) is 0 Å². The number of nitrogens with zero attached hydrogens (tertiary/aromatic N) is 2. The molecular weight excluding hydrogens is 290 g/mol. The second kappa shape index (κ2) is 6.47. The van der Waals surface area contributed by atoms with Gasteiger partial charge in [-0.05, 0) is 18.6 Å². The molecule has 21 heavy (non-hydrogen) atoms. The van der Waals surface area contributed by atoms with Crippen molar-refractivity contribution in [2.75, 3.05) is 25.1 Å². The first kappa shape index (κ1) is 14.4. The first-order valence-corrected chi connectivity index (χ1v) is 7.43. The fraction of sp³-hybridized carbons (Fsp3) is 0.400. The maximum Gasteiger partial charge on any atom is 0.125 e. The van der Waals surface area contributed by atoms with Crippen molar-refractivity contribution >= 4 is 17.4 Å². The van der Waals surface area contributed by atoms with Crippen molar-refractivity contribution in [3.05, 3.63) is 35.4 Å². The lowest BCUT2D eigenvalue weighted by molar-refractivity contribution is 0.195. The molecule has 1 fully saturated rings. The molecule has 1 atom stereocenters. The summed E-state index contributed by atoms with van der Waals surface area (Å²) in [6, 6.07) is 9.88. The van der Waals surface area contributed by atoms with Gasteiger partial charge in [-0.2, -0.15) is 5.10 Å². The Balaban J connectivity index is 1.85. The highest BCUT2D eigenvalue weighted by Crippen LogP contribution is 2.24. The molecule has 0 radical (unpaired) electrons. The summed E-state index contributed by atoms with van der Waals surface area (Å²) in [5.74, 6) is 0.907. The Hall–Kier alpha value is -1.56. The lowest BCUT2D eigenvalue weighted by Gasteiger charge is -2.13. The summed E-state index contributed by atoms with van der Waals surface area (Å²) in [7, 11) is 0. The maximum absolute atomic E-state index is 9.19. The lowest BCUT2D eigenvalue weighted by atomic mass is 10.1. The van der Waals surface area contributed by atoms with Crippen LogP contribution in [0.15, 0.2) is 30.3 Å². The van der Waals surface area contributed by atoms with E-state index in [4.69, 9.17) is 16.3 Å². The van der Waals surface area contributed by atoms with E-state index in [2.05, 4.69) is 10.4 Å². The summed E-state index contributed by atoms with van der Waals surface area (Å²) in [5, 5.41) is 17.9. The standard InChI is InChI=1S/C15H18ClN3O2/c16-12-3-1-11(2-4-12)14-9-15(19(18-14)6-7-20)17-13-5-8-21-10-13/h1-4,9,13,17,20H,5-8,10H2. The topological polar surface area (TPSA) is 59.3 Å². The molecule has 1 aromatic carbocycles. The van der Waals surface area contributed by atoms with Crippen molar-refractivity contribution < 1.29 is 9.84 Å². The number of aliphatic hydroxyl groups is 1. The zero-order valence-electron chi connectivity index (χ0n) is 11.6. The zero-order valence-corrected chi connectivity index (χ0v) is 12.4. The van der Waals surface area contributed by atoms with Crippen LogP contribution in [-0.4, -0.2) is 40.7 Å². The SMILES string of the molecule is OCCn1nc(-c2ccc(Cl)cc2)cc1NC1CCOC1. The van der Waals surface area contributed by atoms with Crippen molar-refractivity contribution in [2.24, 2.45) is 0 Å². The van der Waals surface area contributed by atoms with Gasteiger partial charge >= 0.3 is 0 Å². The Labute approximate surface area is 128 Å². The number of ether oxygens (including phenoxy) is 1. The van der Waals surface area contributed by atoms with E-state index in [1.54, 1.807) is 4.68 Å². The largest absolute Gasteiger partial charge is 0.394 e. The van der Waals surface area contributed by atoms with Gasteiger partial charge in [0.2, 0.25) is 0 Å². The summed E-state index contributed by atoms with van der Waals surface area (Å²) in [4.78, 5) is 0. The molecule has 0 amide bonds. The average Bonchev–Trinajstić information content (AvgIpc) is 3.11. The third-order valence-electron chi connectivity index (χ3n) is 3.51. The van der Waals surface area contributed by atoms with E-state index in [0.717, 1.165) is 30.1 Å². The van der Waals surface area contributed by atoms with Crippen LogP contribution in [-0.2, 0) is 11.3 Å². The molecule has 2 N–H and O–H groups in total. The Bertz CT molecular complexity index is 591. The number of anilines is 1. The fourth-order valence-electron chi connectivity index (χ4n) is 2.42. The van der Waals surface area contributed by atoms with E-state index in [1.807, 2.05) is 30.3 Å². The molecule has 112 valence electrons. The molecule has 1 aliphatic heterocycles. The number of aliphatic hydroxyl groups excluding tert-OH is 1. The first-order valence-electron chi connectivity index (χ1n) is 7.05. The van der Waals surface area contributed by atoms with Crippen LogP contribution in [0.25, 0.3) is 11.3 Å². The molecule has 2 heterocycles. The van der Waals surface area contributed by atoms with Gasteiger partial charge in [-0.1, -0.05) is 23.7 Å². The summed E-state index contributed by atoms with van der Waals surface area (Å²) in [6.45, 7) is 2.01. The Morgan fingerprint density at radius 2 is 2.19 bits per heavy atom. The first-order chi connectivity index (χ1) is 10.3. The van der Waals surface area contributed by atoms with Crippen molar-refractivity contribution in [3.8, 4) is 11.3 Å². The molecule has 0 saturated carbocycles. The van der Waals surface area contributed by atoms with Gasteiger partial charge in [-0.15, -0.1) is 0 Å². The van der Waals surface area contributed by atoms with Crippen molar-refractivity contribution in [2.45, 2.75) is 19.0 Å². The summed E-state index contributed by atoms with van der Waals surface area (Å²) in [6.07, 6.45) is 0.987. The van der Waals surface area contributed by atoms with Crippen molar-refractivity contribution in [3.63, 3.8) is 0 Å². The van der Waals surface area contributed by atoms with E-state index in [9.17, 15) is 5.11 Å². The maximum atomic E-state index is 9.19. The highest BCUT2D eigenvalue weighted by Gasteiger charge is 2.18. The quantitative estimate of drug-likeness (QED) is 0.890. The second-order valence-electron chi connectivity index (χ2n) is 5.07. The molecule has 0 aliphatic carbocycles. The molecular formula is C15H18ClN3O2. The second-order valence-corrected chi connectivity index (χ2v) is 5.51. The van der Waals surface area contributed by atoms with E-state index in [0.29, 0.717) is 24.2 Å². The molecule has 3 rings (SSSR count). The number of benzene rings is 1. The number of hydrogen-bond donors (Lipinski definition) is 2. The predicted molar refractivity (Wildman–Crippen MR) is 82.6 cm³/mol. The third kappa shape index (κ3) is 3.37. The molecule has 0 bridgehead atoms. The minimum atomic E-state index is 0.0532. The molecule has 0 spiro atoms. The zero-order chi connectivity index (χ0) is 14.7. The molecule has 1 saturated heterocycles. The molecule has 1 aliphatic rings. The van der Waals surface area contributed by atoms with Crippen LogP contribution < -0.4 is 5.32 Å². The van der Waals surface area contributed by atoms with Crippen molar-refractivity contribution in [1.82, 2.24) is 9.78 Å². The normalized spacial score (nSPS) is 18.1. The molecule has 5 nitrogen and oxygen atoms in total. The predicted octanol–water partition coefficient (Wildman–Crippen LogP) is 2.40. The molecule has 6 heteroatoms. The number of aromatic nitrogens is 2. The minimum absolute atomic E-state index is 0.0532. The molecule has 1 unspecified atom stereocenters. The van der Waals surface area contributed by atoms with Gasteiger partial charge in [0.1, 0.15) is 5.82 Å². The van der Waals surface area contributed by atoms with Gasteiger partial charge in [-0.25, -0.2) is 4.68 Å². The lowest BCUT2D eigenvalue weighted by Crippen LogP contribution is -2.21. The van der Waals surface area contributed by atoms with Crippen LogP contribution >= 0.6 is 11.6 Å². The number of halogens is 1. The Morgan fingerprint density at radius 3 is 2.86 bits per heavy atom. The van der Waals surface area contributed by atoms with Gasteiger partial charge < -0.3 is 15.2 Å².